The lowest BCUT2D eigenvalue weighted by Gasteiger charge is -2.04. The van der Waals surface area contributed by atoms with Gasteiger partial charge in [-0.05, 0) is 12.1 Å². The largest absolute Gasteiger partial charge is 0.469 e. The van der Waals surface area contributed by atoms with Crippen LogP contribution in [0, 0.1) is 0 Å². The molecular weight excluding hydrogens is 206 g/mol. The molecule has 0 saturated carbocycles. The number of nitrogens with zero attached hydrogens (tertiary/aromatic N) is 2. The van der Waals surface area contributed by atoms with Crippen molar-refractivity contribution in [2.75, 3.05) is 11.9 Å². The summed E-state index contributed by atoms with van der Waals surface area (Å²) >= 11 is 0. The van der Waals surface area contributed by atoms with E-state index < -0.39 is 0 Å². The van der Waals surface area contributed by atoms with Crippen LogP contribution >= 0.6 is 0 Å². The summed E-state index contributed by atoms with van der Waals surface area (Å²) in [5.41, 5.74) is -0.123. The minimum absolute atomic E-state index is 0.123. The van der Waals surface area contributed by atoms with Crippen molar-refractivity contribution in [1.29, 1.82) is 0 Å². The van der Waals surface area contributed by atoms with Gasteiger partial charge in [0.1, 0.15) is 5.76 Å². The van der Waals surface area contributed by atoms with Gasteiger partial charge in [0.15, 0.2) is 5.82 Å². The second kappa shape index (κ2) is 4.65. The third-order valence-electron chi connectivity index (χ3n) is 2.26. The minimum atomic E-state index is -0.123. The average Bonchev–Trinajstić information content (AvgIpc) is 2.77. The molecule has 1 N–H and O–H groups in total. The maximum absolute atomic E-state index is 11.6. The predicted molar refractivity (Wildman–Crippen MR) is 60.4 cm³/mol. The first-order chi connectivity index (χ1) is 7.77. The van der Waals surface area contributed by atoms with Gasteiger partial charge in [0.05, 0.1) is 6.26 Å². The molecule has 0 atom stereocenters. The third-order valence-corrected chi connectivity index (χ3v) is 2.26. The molecule has 0 unspecified atom stereocenters. The molecule has 0 aliphatic carbocycles. The fourth-order valence-electron chi connectivity index (χ4n) is 1.38. The molecule has 2 aromatic rings. The van der Waals surface area contributed by atoms with Gasteiger partial charge in [0.25, 0.3) is 5.56 Å². The van der Waals surface area contributed by atoms with Crippen molar-refractivity contribution in [2.24, 2.45) is 7.05 Å². The topological polar surface area (TPSA) is 60.1 Å². The van der Waals surface area contributed by atoms with E-state index in [0.29, 0.717) is 12.4 Å². The highest BCUT2D eigenvalue weighted by Crippen LogP contribution is 2.01. The van der Waals surface area contributed by atoms with Gasteiger partial charge in [-0.2, -0.15) is 0 Å². The first-order valence-corrected chi connectivity index (χ1v) is 5.05. The van der Waals surface area contributed by atoms with Crippen molar-refractivity contribution in [1.82, 2.24) is 9.55 Å². The zero-order valence-electron chi connectivity index (χ0n) is 9.01. The van der Waals surface area contributed by atoms with Gasteiger partial charge in [-0.25, -0.2) is 4.98 Å². The standard InChI is InChI=1S/C11H13N3O2/c1-14-7-6-13-10(11(14)15)12-5-4-9-3-2-8-16-9/h2-3,6-8H,4-5H2,1H3,(H,12,13). The van der Waals surface area contributed by atoms with E-state index in [1.807, 2.05) is 12.1 Å². The number of furan rings is 1. The van der Waals surface area contributed by atoms with Crippen molar-refractivity contribution in [3.05, 3.63) is 46.9 Å². The molecule has 0 radical (unpaired) electrons. The molecule has 0 spiro atoms. The highest BCUT2D eigenvalue weighted by molar-refractivity contribution is 5.30. The Bertz CT molecular complexity index is 502. The van der Waals surface area contributed by atoms with Crippen LogP contribution in [0.2, 0.25) is 0 Å². The quantitative estimate of drug-likeness (QED) is 0.834. The molecule has 0 aromatic carbocycles. The summed E-state index contributed by atoms with van der Waals surface area (Å²) in [6, 6.07) is 3.74. The lowest BCUT2D eigenvalue weighted by Crippen LogP contribution is -2.22. The molecule has 2 heterocycles. The van der Waals surface area contributed by atoms with Crippen LogP contribution in [0.1, 0.15) is 5.76 Å². The summed E-state index contributed by atoms with van der Waals surface area (Å²) in [4.78, 5) is 15.6. The van der Waals surface area contributed by atoms with Gasteiger partial charge < -0.3 is 14.3 Å². The van der Waals surface area contributed by atoms with Gasteiger partial charge in [0, 0.05) is 32.4 Å². The first-order valence-electron chi connectivity index (χ1n) is 5.05. The number of hydrogen-bond acceptors (Lipinski definition) is 4. The van der Waals surface area contributed by atoms with Gasteiger partial charge in [-0.3, -0.25) is 4.79 Å². The van der Waals surface area contributed by atoms with Crippen LogP contribution < -0.4 is 10.9 Å². The summed E-state index contributed by atoms with van der Waals surface area (Å²) in [5, 5.41) is 2.99. The molecule has 0 saturated heterocycles. The van der Waals surface area contributed by atoms with E-state index >= 15 is 0 Å². The molecule has 5 heteroatoms. The van der Waals surface area contributed by atoms with E-state index in [1.54, 1.807) is 25.7 Å². The van der Waals surface area contributed by atoms with E-state index in [0.717, 1.165) is 12.2 Å². The highest BCUT2D eigenvalue weighted by Gasteiger charge is 2.01. The van der Waals surface area contributed by atoms with Crippen molar-refractivity contribution in [2.45, 2.75) is 6.42 Å². The van der Waals surface area contributed by atoms with E-state index in [2.05, 4.69) is 10.3 Å². The van der Waals surface area contributed by atoms with Crippen LogP contribution in [0.3, 0.4) is 0 Å². The molecule has 0 aliphatic heterocycles. The monoisotopic (exact) mass is 219 g/mol. The van der Waals surface area contributed by atoms with Crippen LogP contribution in [0.15, 0.2) is 40.0 Å². The smallest absolute Gasteiger partial charge is 0.293 e. The SMILES string of the molecule is Cn1ccnc(NCCc2ccco2)c1=O. The zero-order valence-corrected chi connectivity index (χ0v) is 9.01. The lowest BCUT2D eigenvalue weighted by molar-refractivity contribution is 0.513. The molecule has 2 rings (SSSR count). The van der Waals surface area contributed by atoms with Gasteiger partial charge in [0.2, 0.25) is 0 Å². The number of aryl methyl sites for hydroxylation is 1. The second-order valence-corrected chi connectivity index (χ2v) is 3.45. The first kappa shape index (κ1) is 10.5. The van der Waals surface area contributed by atoms with Crippen molar-refractivity contribution in [3.8, 4) is 0 Å². The van der Waals surface area contributed by atoms with E-state index in [9.17, 15) is 4.79 Å². The Morgan fingerprint density at radius 2 is 2.44 bits per heavy atom. The molecule has 0 fully saturated rings. The molecule has 0 amide bonds. The van der Waals surface area contributed by atoms with Gasteiger partial charge in [-0.1, -0.05) is 0 Å². The Morgan fingerprint density at radius 1 is 1.56 bits per heavy atom. The van der Waals surface area contributed by atoms with Gasteiger partial charge >= 0.3 is 0 Å². The maximum atomic E-state index is 11.6. The Balaban J connectivity index is 1.95. The predicted octanol–water partition coefficient (Wildman–Crippen LogP) is 1.03. The Morgan fingerprint density at radius 3 is 3.19 bits per heavy atom. The number of nitrogens with one attached hydrogen (secondary N) is 1. The van der Waals surface area contributed by atoms with E-state index in [4.69, 9.17) is 4.42 Å². The van der Waals surface area contributed by atoms with E-state index in [1.165, 1.54) is 4.57 Å². The van der Waals surface area contributed by atoms with Crippen LogP contribution in [-0.2, 0) is 13.5 Å². The van der Waals surface area contributed by atoms with E-state index in [-0.39, 0.29) is 5.56 Å². The third kappa shape index (κ3) is 2.31. The van der Waals surface area contributed by atoms with Crippen LogP contribution in [0.25, 0.3) is 0 Å². The molecule has 0 aliphatic rings. The normalized spacial score (nSPS) is 10.3. The maximum Gasteiger partial charge on any atom is 0.293 e. The van der Waals surface area contributed by atoms with Crippen molar-refractivity contribution in [3.63, 3.8) is 0 Å². The average molecular weight is 219 g/mol. The zero-order chi connectivity index (χ0) is 11.4. The molecule has 16 heavy (non-hydrogen) atoms. The fraction of sp³-hybridized carbons (Fsp3) is 0.273. The Labute approximate surface area is 92.7 Å². The minimum Gasteiger partial charge on any atom is -0.469 e. The molecule has 84 valence electrons. The van der Waals surface area contributed by atoms with Gasteiger partial charge in [-0.15, -0.1) is 0 Å². The van der Waals surface area contributed by atoms with Crippen LogP contribution in [0.5, 0.6) is 0 Å². The molecule has 2 aromatic heterocycles. The molecule has 0 bridgehead atoms. The fourth-order valence-corrected chi connectivity index (χ4v) is 1.38. The summed E-state index contributed by atoms with van der Waals surface area (Å²) in [5.74, 6) is 1.26. The number of aromatic nitrogens is 2. The highest BCUT2D eigenvalue weighted by atomic mass is 16.3. The second-order valence-electron chi connectivity index (χ2n) is 3.45. The summed E-state index contributed by atoms with van der Waals surface area (Å²) in [6.07, 6.45) is 5.58. The number of hydrogen-bond donors (Lipinski definition) is 1. The Hall–Kier alpha value is -2.04. The Kier molecular flexibility index (Phi) is 3.05. The number of rotatable bonds is 4. The summed E-state index contributed by atoms with van der Waals surface area (Å²) in [7, 11) is 1.70. The molecule has 5 nitrogen and oxygen atoms in total. The number of anilines is 1. The van der Waals surface area contributed by atoms with Crippen LogP contribution in [-0.4, -0.2) is 16.1 Å². The van der Waals surface area contributed by atoms with Crippen LogP contribution in [0.4, 0.5) is 5.82 Å². The van der Waals surface area contributed by atoms with Crippen molar-refractivity contribution >= 4 is 5.82 Å². The lowest BCUT2D eigenvalue weighted by atomic mass is 10.3. The summed E-state index contributed by atoms with van der Waals surface area (Å²) < 4.78 is 6.67. The molecular formula is C11H13N3O2. The summed E-state index contributed by atoms with van der Waals surface area (Å²) in [6.45, 7) is 0.625. The van der Waals surface area contributed by atoms with Crippen molar-refractivity contribution < 1.29 is 4.42 Å².